The highest BCUT2D eigenvalue weighted by Gasteiger charge is 2.53. The molecule has 1 nitrogen and oxygen atoms in total. The van der Waals surface area contributed by atoms with Gasteiger partial charge in [-0.05, 0) is 171 Å². The second-order valence-electron chi connectivity index (χ2n) is 18.3. The molecule has 0 radical (unpaired) electrons. The predicted molar refractivity (Wildman–Crippen MR) is 286 cm³/mol. The van der Waals surface area contributed by atoms with Crippen molar-refractivity contribution in [3.05, 3.63) is 283 Å². The molecule has 0 fully saturated rings. The van der Waals surface area contributed by atoms with Crippen LogP contribution in [-0.4, -0.2) is 0 Å². The molecule has 0 amide bonds. The quantitative estimate of drug-likeness (QED) is 0.151. The fourth-order valence-corrected chi connectivity index (χ4v) is 12.1. The lowest BCUT2D eigenvalue weighted by Gasteiger charge is -2.33. The van der Waals surface area contributed by atoms with Gasteiger partial charge in [-0.2, -0.15) is 0 Å². The third-order valence-corrected chi connectivity index (χ3v) is 14.8. The molecule has 2 aliphatic rings. The van der Waals surface area contributed by atoms with Crippen molar-refractivity contribution in [1.82, 2.24) is 0 Å². The molecule has 1 heteroatoms. The zero-order chi connectivity index (χ0) is 44.8. The Bertz CT molecular complexity index is 3850. The fraction of sp³-hybridized carbons (Fsp3) is 0.0149. The fourth-order valence-electron chi connectivity index (χ4n) is 12.1. The SMILES string of the molecule is c1ccc(-c2cc(-c3ccccc3)cc(-c3cc4c5ccccc5c5c(c4c4ccccc34)C3(c4ccccc4-c4ccc(N(c6ccccc6)c6ccccc6)cc43)c3ccccc3-5)c2)cc1. The van der Waals surface area contributed by atoms with E-state index in [9.17, 15) is 0 Å². The smallest absolute Gasteiger partial charge is 0.0732 e. The van der Waals surface area contributed by atoms with Crippen LogP contribution in [0, 0.1) is 0 Å². The average molecular weight is 862 g/mol. The molecule has 12 aromatic carbocycles. The van der Waals surface area contributed by atoms with Gasteiger partial charge in [0.05, 0.1) is 5.41 Å². The zero-order valence-electron chi connectivity index (χ0n) is 37.3. The summed E-state index contributed by atoms with van der Waals surface area (Å²) in [4.78, 5) is 2.41. The molecule has 0 saturated heterocycles. The normalized spacial score (nSPS) is 14.2. The highest BCUT2D eigenvalue weighted by molar-refractivity contribution is 6.28. The van der Waals surface area contributed by atoms with E-state index in [1.165, 1.54) is 110 Å². The van der Waals surface area contributed by atoms with Crippen molar-refractivity contribution in [2.45, 2.75) is 5.41 Å². The van der Waals surface area contributed by atoms with E-state index < -0.39 is 5.41 Å². The molecule has 12 aromatic rings. The third-order valence-electron chi connectivity index (χ3n) is 14.8. The molecule has 0 heterocycles. The maximum atomic E-state index is 2.53. The molecule has 2 aliphatic carbocycles. The van der Waals surface area contributed by atoms with Crippen LogP contribution in [0.1, 0.15) is 22.3 Å². The molecule has 316 valence electrons. The van der Waals surface area contributed by atoms with E-state index in [0.717, 1.165) is 17.1 Å². The molecule has 14 rings (SSSR count). The molecule has 68 heavy (non-hydrogen) atoms. The first-order valence-electron chi connectivity index (χ1n) is 23.7. The van der Waals surface area contributed by atoms with Crippen molar-refractivity contribution in [2.75, 3.05) is 4.90 Å². The Morgan fingerprint density at radius 1 is 0.250 bits per heavy atom. The van der Waals surface area contributed by atoms with Crippen LogP contribution in [0.15, 0.2) is 261 Å². The summed E-state index contributed by atoms with van der Waals surface area (Å²) in [7, 11) is 0. The maximum Gasteiger partial charge on any atom is 0.0732 e. The van der Waals surface area contributed by atoms with Crippen molar-refractivity contribution in [3.8, 4) is 55.6 Å². The van der Waals surface area contributed by atoms with Crippen molar-refractivity contribution in [3.63, 3.8) is 0 Å². The molecule has 1 atom stereocenters. The van der Waals surface area contributed by atoms with E-state index in [0.29, 0.717) is 0 Å². The Kier molecular flexibility index (Phi) is 8.57. The Morgan fingerprint density at radius 3 is 1.35 bits per heavy atom. The van der Waals surface area contributed by atoms with E-state index >= 15 is 0 Å². The monoisotopic (exact) mass is 861 g/mol. The van der Waals surface area contributed by atoms with E-state index in [4.69, 9.17) is 0 Å². The summed E-state index contributed by atoms with van der Waals surface area (Å²) in [6.45, 7) is 0. The minimum absolute atomic E-state index is 0.618. The van der Waals surface area contributed by atoms with E-state index in [1.807, 2.05) is 0 Å². The van der Waals surface area contributed by atoms with Crippen LogP contribution in [-0.2, 0) is 5.41 Å². The summed E-state index contributed by atoms with van der Waals surface area (Å²) in [5.41, 5.74) is 20.5. The standard InChI is InChI=1S/C67H43N/c1-5-21-44(22-6-1)46-39-47(45-23-7-2-8-24-45)41-48(40-46)59-43-60-53-30-14-16-33-57(53)64-58-34-18-20-36-62(58)67(66(64)65(60)56-32-15-13-29-52(56)59)61-35-19-17-31-54(61)55-38-37-51(42-63(55)67)68(49-25-9-3-10-26-49)50-27-11-4-12-28-50/h1-43H. The van der Waals surface area contributed by atoms with Gasteiger partial charge in [0.15, 0.2) is 0 Å². The first-order chi connectivity index (χ1) is 33.8. The Hall–Kier alpha value is -8.78. The van der Waals surface area contributed by atoms with Crippen LogP contribution in [0.4, 0.5) is 17.1 Å². The number of benzene rings is 12. The number of para-hydroxylation sites is 2. The van der Waals surface area contributed by atoms with Gasteiger partial charge in [-0.25, -0.2) is 0 Å². The van der Waals surface area contributed by atoms with Gasteiger partial charge in [0.2, 0.25) is 0 Å². The Balaban J connectivity index is 1.12. The van der Waals surface area contributed by atoms with E-state index in [2.05, 4.69) is 266 Å². The third kappa shape index (κ3) is 5.57. The molecule has 1 unspecified atom stereocenters. The average Bonchev–Trinajstić information content (AvgIpc) is 3.89. The second kappa shape index (κ2) is 15.1. The number of hydrogen-bond donors (Lipinski definition) is 0. The van der Waals surface area contributed by atoms with Crippen LogP contribution >= 0.6 is 0 Å². The summed E-state index contributed by atoms with van der Waals surface area (Å²) in [6.07, 6.45) is 0. The summed E-state index contributed by atoms with van der Waals surface area (Å²) in [5, 5.41) is 7.63. The first kappa shape index (κ1) is 38.5. The van der Waals surface area contributed by atoms with Gasteiger partial charge in [0, 0.05) is 17.1 Å². The van der Waals surface area contributed by atoms with Crippen LogP contribution in [0.2, 0.25) is 0 Å². The maximum absolute atomic E-state index is 2.53. The highest BCUT2D eigenvalue weighted by atomic mass is 15.1. The van der Waals surface area contributed by atoms with Gasteiger partial charge in [0.1, 0.15) is 0 Å². The lowest BCUT2D eigenvalue weighted by molar-refractivity contribution is 0.802. The van der Waals surface area contributed by atoms with Crippen LogP contribution in [0.25, 0.3) is 88.0 Å². The summed E-state index contributed by atoms with van der Waals surface area (Å²) in [5.74, 6) is 0. The van der Waals surface area contributed by atoms with Gasteiger partial charge in [-0.3, -0.25) is 0 Å². The van der Waals surface area contributed by atoms with Crippen molar-refractivity contribution in [1.29, 1.82) is 0 Å². The molecule has 0 aliphatic heterocycles. The molecular formula is C67H43N. The topological polar surface area (TPSA) is 3.24 Å². The number of rotatable bonds is 6. The molecule has 1 spiro atoms. The van der Waals surface area contributed by atoms with Crippen LogP contribution in [0.5, 0.6) is 0 Å². The first-order valence-corrected chi connectivity index (χ1v) is 23.7. The number of nitrogens with zero attached hydrogens (tertiary/aromatic N) is 1. The summed E-state index contributed by atoms with van der Waals surface area (Å²) < 4.78 is 0. The highest BCUT2D eigenvalue weighted by Crippen LogP contribution is 2.66. The zero-order valence-corrected chi connectivity index (χ0v) is 37.3. The molecule has 0 saturated carbocycles. The van der Waals surface area contributed by atoms with Crippen molar-refractivity contribution in [2.24, 2.45) is 0 Å². The summed E-state index contributed by atoms with van der Waals surface area (Å²) >= 11 is 0. The van der Waals surface area contributed by atoms with Crippen molar-refractivity contribution >= 4 is 49.4 Å². The van der Waals surface area contributed by atoms with E-state index in [1.54, 1.807) is 0 Å². The van der Waals surface area contributed by atoms with Gasteiger partial charge in [0.25, 0.3) is 0 Å². The minimum Gasteiger partial charge on any atom is -0.310 e. The van der Waals surface area contributed by atoms with E-state index in [-0.39, 0.29) is 0 Å². The van der Waals surface area contributed by atoms with Crippen molar-refractivity contribution < 1.29 is 0 Å². The Morgan fingerprint density at radius 2 is 0.721 bits per heavy atom. The van der Waals surface area contributed by atoms with Gasteiger partial charge >= 0.3 is 0 Å². The number of hydrogen-bond acceptors (Lipinski definition) is 1. The number of anilines is 3. The molecular weight excluding hydrogens is 819 g/mol. The largest absolute Gasteiger partial charge is 0.310 e. The number of fused-ring (bicyclic) bond motifs is 17. The summed E-state index contributed by atoms with van der Waals surface area (Å²) in [6, 6.07) is 97.0. The van der Waals surface area contributed by atoms with Crippen LogP contribution in [0.3, 0.4) is 0 Å². The molecule has 0 bridgehead atoms. The lowest BCUT2D eigenvalue weighted by atomic mass is 9.68. The van der Waals surface area contributed by atoms with Gasteiger partial charge in [-0.1, -0.05) is 200 Å². The van der Waals surface area contributed by atoms with Gasteiger partial charge < -0.3 is 4.90 Å². The minimum atomic E-state index is -0.618. The molecule has 0 N–H and O–H groups in total. The second-order valence-corrected chi connectivity index (χ2v) is 18.3. The van der Waals surface area contributed by atoms with Gasteiger partial charge in [-0.15, -0.1) is 0 Å². The lowest BCUT2D eigenvalue weighted by Crippen LogP contribution is -2.26. The van der Waals surface area contributed by atoms with Crippen LogP contribution < -0.4 is 4.90 Å². The Labute approximate surface area is 396 Å². The molecule has 0 aromatic heterocycles. The predicted octanol–water partition coefficient (Wildman–Crippen LogP) is 18.0.